The molecule has 2 amide bonds. The highest BCUT2D eigenvalue weighted by Crippen LogP contribution is 2.20. The molecule has 0 saturated carbocycles. The van der Waals surface area contributed by atoms with Crippen molar-refractivity contribution in [1.29, 1.82) is 0 Å². The molecule has 5 heteroatoms. The van der Waals surface area contributed by atoms with Gasteiger partial charge in [-0.2, -0.15) is 0 Å². The fourth-order valence-electron chi connectivity index (χ4n) is 2.25. The van der Waals surface area contributed by atoms with Crippen LogP contribution in [0.4, 0.5) is 5.69 Å². The molecular formula is C18H29N3O2. The first-order valence-electron chi connectivity index (χ1n) is 8.10. The Kier molecular flexibility index (Phi) is 7.75. The van der Waals surface area contributed by atoms with Crippen molar-refractivity contribution in [2.75, 3.05) is 38.6 Å². The fraction of sp³-hybridized carbons (Fsp3) is 0.556. The van der Waals surface area contributed by atoms with Gasteiger partial charge in [0.15, 0.2) is 0 Å². The van der Waals surface area contributed by atoms with Crippen LogP contribution in [0.15, 0.2) is 24.3 Å². The molecule has 0 atom stereocenters. The molecule has 1 rings (SSSR count). The summed E-state index contributed by atoms with van der Waals surface area (Å²) < 4.78 is 0. The number of carbonyl (C=O) groups excluding carboxylic acids is 2. The number of amides is 2. The first kappa shape index (κ1) is 19.2. The van der Waals surface area contributed by atoms with E-state index in [4.69, 9.17) is 0 Å². The Bertz CT molecular complexity index is 510. The largest absolute Gasteiger partial charge is 0.355 e. The first-order valence-corrected chi connectivity index (χ1v) is 8.10. The molecule has 1 aromatic carbocycles. The van der Waals surface area contributed by atoms with E-state index in [9.17, 15) is 9.59 Å². The highest BCUT2D eigenvalue weighted by atomic mass is 16.2. The minimum absolute atomic E-state index is 0.0539. The molecule has 0 aliphatic carbocycles. The lowest BCUT2D eigenvalue weighted by Gasteiger charge is -2.21. The highest BCUT2D eigenvalue weighted by Gasteiger charge is 2.15. The lowest BCUT2D eigenvalue weighted by molar-refractivity contribution is -0.123. The van der Waals surface area contributed by atoms with Crippen molar-refractivity contribution in [3.8, 4) is 0 Å². The van der Waals surface area contributed by atoms with E-state index in [2.05, 4.69) is 24.1 Å². The number of hydrogen-bond acceptors (Lipinski definition) is 3. The summed E-state index contributed by atoms with van der Waals surface area (Å²) in [4.78, 5) is 27.5. The number of rotatable bonds is 8. The molecule has 0 saturated heterocycles. The van der Waals surface area contributed by atoms with Gasteiger partial charge in [-0.15, -0.1) is 0 Å². The summed E-state index contributed by atoms with van der Waals surface area (Å²) in [5, 5.41) is 2.86. The summed E-state index contributed by atoms with van der Waals surface area (Å²) in [6, 6.07) is 7.81. The molecule has 0 unspecified atom stereocenters. The van der Waals surface area contributed by atoms with Crippen molar-refractivity contribution in [3.63, 3.8) is 0 Å². The van der Waals surface area contributed by atoms with Crippen LogP contribution in [0.2, 0.25) is 0 Å². The Hall–Kier alpha value is -1.88. The van der Waals surface area contributed by atoms with Gasteiger partial charge in [-0.25, -0.2) is 0 Å². The van der Waals surface area contributed by atoms with Crippen LogP contribution >= 0.6 is 0 Å². The standard InChI is InChI=1S/C18H29N3O2/c1-14(2)16-7-9-17(10-8-16)21(15(3)22)13-18(23)19-11-6-12-20(4)5/h7-10,14H,6,11-13H2,1-5H3,(H,19,23). The maximum atomic E-state index is 12.0. The topological polar surface area (TPSA) is 52.7 Å². The van der Waals surface area contributed by atoms with Crippen LogP contribution in [-0.4, -0.2) is 50.4 Å². The van der Waals surface area contributed by atoms with Gasteiger partial charge < -0.3 is 15.1 Å². The maximum absolute atomic E-state index is 12.0. The van der Waals surface area contributed by atoms with Gasteiger partial charge >= 0.3 is 0 Å². The molecule has 0 spiro atoms. The Morgan fingerprint density at radius 3 is 2.22 bits per heavy atom. The van der Waals surface area contributed by atoms with E-state index in [0.29, 0.717) is 12.5 Å². The number of benzene rings is 1. The van der Waals surface area contributed by atoms with Gasteiger partial charge in [-0.3, -0.25) is 9.59 Å². The Morgan fingerprint density at radius 1 is 1.13 bits per heavy atom. The lowest BCUT2D eigenvalue weighted by atomic mass is 10.0. The average molecular weight is 319 g/mol. The van der Waals surface area contributed by atoms with Crippen LogP contribution in [0.25, 0.3) is 0 Å². The predicted molar refractivity (Wildman–Crippen MR) is 94.7 cm³/mol. The van der Waals surface area contributed by atoms with Crippen molar-refractivity contribution in [3.05, 3.63) is 29.8 Å². The lowest BCUT2D eigenvalue weighted by Crippen LogP contribution is -2.40. The van der Waals surface area contributed by atoms with Gasteiger partial charge in [0.1, 0.15) is 6.54 Å². The van der Waals surface area contributed by atoms with Crippen LogP contribution in [0.1, 0.15) is 38.7 Å². The molecule has 128 valence electrons. The molecule has 0 aliphatic rings. The second kappa shape index (κ2) is 9.30. The van der Waals surface area contributed by atoms with Gasteiger partial charge in [-0.05, 0) is 50.7 Å². The number of nitrogens with zero attached hydrogens (tertiary/aromatic N) is 2. The smallest absolute Gasteiger partial charge is 0.240 e. The summed E-state index contributed by atoms with van der Waals surface area (Å²) in [5.74, 6) is 0.174. The van der Waals surface area contributed by atoms with Gasteiger partial charge in [0.25, 0.3) is 0 Å². The van der Waals surface area contributed by atoms with Gasteiger partial charge in [0.05, 0.1) is 0 Å². The van der Waals surface area contributed by atoms with E-state index in [1.807, 2.05) is 38.4 Å². The van der Waals surface area contributed by atoms with Crippen molar-refractivity contribution in [2.45, 2.75) is 33.1 Å². The minimum atomic E-state index is -0.134. The summed E-state index contributed by atoms with van der Waals surface area (Å²) in [6.45, 7) is 7.33. The summed E-state index contributed by atoms with van der Waals surface area (Å²) in [6.07, 6.45) is 0.891. The van der Waals surface area contributed by atoms with Crippen LogP contribution < -0.4 is 10.2 Å². The van der Waals surface area contributed by atoms with Crippen LogP contribution in [0.3, 0.4) is 0 Å². The maximum Gasteiger partial charge on any atom is 0.240 e. The van der Waals surface area contributed by atoms with E-state index >= 15 is 0 Å². The zero-order valence-corrected chi connectivity index (χ0v) is 14.9. The number of hydrogen-bond donors (Lipinski definition) is 1. The molecule has 0 bridgehead atoms. The second-order valence-corrected chi connectivity index (χ2v) is 6.36. The summed E-state index contributed by atoms with van der Waals surface area (Å²) in [5.41, 5.74) is 1.97. The number of carbonyl (C=O) groups is 2. The average Bonchev–Trinajstić information content (AvgIpc) is 2.49. The van der Waals surface area contributed by atoms with Gasteiger partial charge in [0, 0.05) is 19.2 Å². The number of nitrogens with one attached hydrogen (secondary N) is 1. The minimum Gasteiger partial charge on any atom is -0.355 e. The SMILES string of the molecule is CC(=O)N(CC(=O)NCCCN(C)C)c1ccc(C(C)C)cc1. The molecule has 0 aliphatic heterocycles. The number of anilines is 1. The van der Waals surface area contributed by atoms with E-state index in [-0.39, 0.29) is 18.4 Å². The second-order valence-electron chi connectivity index (χ2n) is 6.36. The molecule has 5 nitrogen and oxygen atoms in total. The normalized spacial score (nSPS) is 10.9. The Balaban J connectivity index is 2.61. The molecule has 0 aromatic heterocycles. The molecule has 0 radical (unpaired) electrons. The molecule has 23 heavy (non-hydrogen) atoms. The van der Waals surface area contributed by atoms with Crippen molar-refractivity contribution in [2.24, 2.45) is 0 Å². The molecule has 0 fully saturated rings. The van der Waals surface area contributed by atoms with Crippen LogP contribution in [0.5, 0.6) is 0 Å². The molecular weight excluding hydrogens is 290 g/mol. The third kappa shape index (κ3) is 6.82. The third-order valence-corrected chi connectivity index (χ3v) is 3.66. The molecule has 1 N–H and O–H groups in total. The Labute approximate surface area is 139 Å². The quantitative estimate of drug-likeness (QED) is 0.748. The summed E-state index contributed by atoms with van der Waals surface area (Å²) >= 11 is 0. The van der Waals surface area contributed by atoms with E-state index in [1.54, 1.807) is 0 Å². The monoisotopic (exact) mass is 319 g/mol. The van der Waals surface area contributed by atoms with Crippen molar-refractivity contribution < 1.29 is 9.59 Å². The van der Waals surface area contributed by atoms with E-state index < -0.39 is 0 Å². The third-order valence-electron chi connectivity index (χ3n) is 3.66. The van der Waals surface area contributed by atoms with Gasteiger partial charge in [0.2, 0.25) is 11.8 Å². The van der Waals surface area contributed by atoms with E-state index in [0.717, 1.165) is 18.7 Å². The zero-order chi connectivity index (χ0) is 17.4. The van der Waals surface area contributed by atoms with Gasteiger partial charge in [-0.1, -0.05) is 26.0 Å². The fourth-order valence-corrected chi connectivity index (χ4v) is 2.25. The van der Waals surface area contributed by atoms with Crippen molar-refractivity contribution >= 4 is 17.5 Å². The zero-order valence-electron chi connectivity index (χ0n) is 14.9. The van der Waals surface area contributed by atoms with Crippen LogP contribution in [0, 0.1) is 0 Å². The van der Waals surface area contributed by atoms with E-state index in [1.165, 1.54) is 17.4 Å². The molecule has 0 heterocycles. The van der Waals surface area contributed by atoms with Crippen molar-refractivity contribution in [1.82, 2.24) is 10.2 Å². The highest BCUT2D eigenvalue weighted by molar-refractivity contribution is 5.97. The Morgan fingerprint density at radius 2 is 1.74 bits per heavy atom. The molecule has 1 aromatic rings. The van der Waals surface area contributed by atoms with Crippen LogP contribution in [-0.2, 0) is 9.59 Å². The predicted octanol–water partition coefficient (Wildman–Crippen LogP) is 2.23. The summed E-state index contributed by atoms with van der Waals surface area (Å²) in [7, 11) is 4.00. The first-order chi connectivity index (χ1) is 10.8.